The lowest BCUT2D eigenvalue weighted by Crippen LogP contribution is -2.54. The predicted octanol–water partition coefficient (Wildman–Crippen LogP) is 5.54. The first-order chi connectivity index (χ1) is 15.2. The van der Waals surface area contributed by atoms with E-state index in [1.54, 1.807) is 30.3 Å². The van der Waals surface area contributed by atoms with Crippen LogP contribution in [-0.2, 0) is 9.59 Å². The maximum atomic E-state index is 13.3. The van der Waals surface area contributed by atoms with Crippen LogP contribution in [0.3, 0.4) is 0 Å². The molecule has 0 spiro atoms. The zero-order chi connectivity index (χ0) is 23.2. The number of hydrogen-bond donors (Lipinski definition) is 1. The molecule has 2 heterocycles. The molecule has 5 nitrogen and oxygen atoms in total. The highest BCUT2D eigenvalue weighted by atomic mass is 35.5. The Morgan fingerprint density at radius 2 is 1.56 bits per heavy atom. The molecule has 1 aliphatic rings. The number of carbonyl (C=O) groups is 2. The van der Waals surface area contributed by atoms with Gasteiger partial charge in [0, 0.05) is 17.1 Å². The molecule has 1 saturated heterocycles. The Morgan fingerprint density at radius 1 is 0.906 bits per heavy atom. The van der Waals surface area contributed by atoms with Crippen molar-refractivity contribution in [3.63, 3.8) is 0 Å². The Kier molecular flexibility index (Phi) is 5.95. The van der Waals surface area contributed by atoms with Gasteiger partial charge < -0.3 is 4.57 Å². The number of anilines is 1. The Hall–Kier alpha value is -2.93. The van der Waals surface area contributed by atoms with Crippen molar-refractivity contribution in [2.75, 3.05) is 4.90 Å². The second-order valence-corrected chi connectivity index (χ2v) is 8.75. The third-order valence-corrected chi connectivity index (χ3v) is 6.35. The molecule has 2 amide bonds. The molecule has 1 aromatic heterocycles. The minimum absolute atomic E-state index is 0.00793. The lowest BCUT2D eigenvalue weighted by molar-refractivity contribution is -0.122. The van der Waals surface area contributed by atoms with Crippen LogP contribution < -0.4 is 10.2 Å². The minimum Gasteiger partial charge on any atom is -0.318 e. The molecular formula is C24H19Cl2N3O2S. The van der Waals surface area contributed by atoms with Crippen LogP contribution in [0.2, 0.25) is 10.0 Å². The lowest BCUT2D eigenvalue weighted by Gasteiger charge is -2.29. The normalized spacial score (nSPS) is 15.5. The van der Waals surface area contributed by atoms with Crippen molar-refractivity contribution < 1.29 is 9.59 Å². The van der Waals surface area contributed by atoms with Crippen LogP contribution in [-0.4, -0.2) is 21.5 Å². The fourth-order valence-corrected chi connectivity index (χ4v) is 4.27. The summed E-state index contributed by atoms with van der Waals surface area (Å²) in [5.74, 6) is -0.996. The second kappa shape index (κ2) is 8.54. The second-order valence-electron chi connectivity index (χ2n) is 7.55. The van der Waals surface area contributed by atoms with Crippen LogP contribution >= 0.6 is 35.4 Å². The van der Waals surface area contributed by atoms with Crippen molar-refractivity contribution in [1.29, 1.82) is 0 Å². The molecule has 1 fully saturated rings. The van der Waals surface area contributed by atoms with E-state index in [1.807, 2.05) is 49.6 Å². The number of nitrogens with zero attached hydrogens (tertiary/aromatic N) is 2. The molecule has 3 aromatic rings. The molecule has 32 heavy (non-hydrogen) atoms. The van der Waals surface area contributed by atoms with Gasteiger partial charge in [-0.15, -0.1) is 0 Å². The number of thiocarbonyl (C=S) groups is 1. The van der Waals surface area contributed by atoms with E-state index in [4.69, 9.17) is 35.4 Å². The summed E-state index contributed by atoms with van der Waals surface area (Å²) < 4.78 is 1.99. The number of amides is 2. The summed E-state index contributed by atoms with van der Waals surface area (Å²) in [4.78, 5) is 27.2. The van der Waals surface area contributed by atoms with Gasteiger partial charge in [0.2, 0.25) is 0 Å². The van der Waals surface area contributed by atoms with E-state index < -0.39 is 11.8 Å². The first-order valence-corrected chi connectivity index (χ1v) is 11.0. The van der Waals surface area contributed by atoms with E-state index in [1.165, 1.54) is 4.90 Å². The van der Waals surface area contributed by atoms with Gasteiger partial charge in [-0.1, -0.05) is 40.9 Å². The van der Waals surface area contributed by atoms with Crippen LogP contribution in [0, 0.1) is 20.8 Å². The molecule has 1 N–H and O–H groups in total. The first kappa shape index (κ1) is 22.3. The van der Waals surface area contributed by atoms with Crippen LogP contribution in [0.15, 0.2) is 54.1 Å². The highest BCUT2D eigenvalue weighted by molar-refractivity contribution is 7.80. The highest BCUT2D eigenvalue weighted by Gasteiger charge is 2.34. The van der Waals surface area contributed by atoms with E-state index >= 15 is 0 Å². The summed E-state index contributed by atoms with van der Waals surface area (Å²) in [7, 11) is 0. The van der Waals surface area contributed by atoms with Gasteiger partial charge in [-0.3, -0.25) is 19.8 Å². The zero-order valence-electron chi connectivity index (χ0n) is 17.6. The Balaban J connectivity index is 1.76. The predicted molar refractivity (Wildman–Crippen MR) is 133 cm³/mol. The molecule has 0 aliphatic carbocycles. The Labute approximate surface area is 201 Å². The SMILES string of the molecule is Cc1ccc(N2C(=O)/C(=C\c3cc(C)n(-c4ccc(Cl)c(Cl)c4)c3C)C(=O)NC2=S)cc1. The number of hydrogen-bond acceptors (Lipinski definition) is 3. The van der Waals surface area contributed by atoms with E-state index in [-0.39, 0.29) is 10.7 Å². The van der Waals surface area contributed by atoms with Gasteiger partial charge in [0.05, 0.1) is 15.7 Å². The van der Waals surface area contributed by atoms with E-state index in [0.717, 1.165) is 28.2 Å². The van der Waals surface area contributed by atoms with Crippen molar-refractivity contribution in [3.05, 3.63) is 86.7 Å². The maximum Gasteiger partial charge on any atom is 0.270 e. The third kappa shape index (κ3) is 3.97. The summed E-state index contributed by atoms with van der Waals surface area (Å²) in [6.45, 7) is 5.81. The summed E-state index contributed by atoms with van der Waals surface area (Å²) >= 11 is 17.5. The highest BCUT2D eigenvalue weighted by Crippen LogP contribution is 2.29. The standard InChI is InChI=1S/C24H19Cl2N3O2S/c1-13-4-6-17(7-5-13)29-23(31)19(22(30)27-24(29)32)11-16-10-14(2)28(15(16)3)18-8-9-20(25)21(26)12-18/h4-12H,1-3H3,(H,27,30,32)/b19-11-. The van der Waals surface area contributed by atoms with Gasteiger partial charge in [-0.25, -0.2) is 0 Å². The number of nitrogens with one attached hydrogen (secondary N) is 1. The molecule has 0 radical (unpaired) electrons. The quantitative estimate of drug-likeness (QED) is 0.302. The van der Waals surface area contributed by atoms with Crippen molar-refractivity contribution in [3.8, 4) is 5.69 Å². The smallest absolute Gasteiger partial charge is 0.270 e. The molecule has 1 aliphatic heterocycles. The third-order valence-electron chi connectivity index (χ3n) is 5.33. The molecule has 0 saturated carbocycles. The Bertz CT molecular complexity index is 1310. The van der Waals surface area contributed by atoms with Gasteiger partial charge in [0.15, 0.2) is 5.11 Å². The van der Waals surface area contributed by atoms with Crippen LogP contribution in [0.4, 0.5) is 5.69 Å². The van der Waals surface area contributed by atoms with Crippen molar-refractivity contribution in [2.24, 2.45) is 0 Å². The number of aromatic nitrogens is 1. The maximum absolute atomic E-state index is 13.3. The molecule has 0 atom stereocenters. The van der Waals surface area contributed by atoms with Gasteiger partial charge in [0.25, 0.3) is 11.8 Å². The average molecular weight is 484 g/mol. The molecule has 4 rings (SSSR count). The van der Waals surface area contributed by atoms with Crippen LogP contribution in [0.5, 0.6) is 0 Å². The summed E-state index contributed by atoms with van der Waals surface area (Å²) in [5, 5.41) is 3.59. The molecule has 0 bridgehead atoms. The van der Waals surface area contributed by atoms with E-state index in [2.05, 4.69) is 5.32 Å². The number of aryl methyl sites for hydroxylation is 2. The number of benzene rings is 2. The summed E-state index contributed by atoms with van der Waals surface area (Å²) in [6, 6.07) is 14.6. The van der Waals surface area contributed by atoms with Crippen molar-refractivity contribution in [2.45, 2.75) is 20.8 Å². The van der Waals surface area contributed by atoms with Gasteiger partial charge in [-0.2, -0.15) is 0 Å². The van der Waals surface area contributed by atoms with Crippen LogP contribution in [0.25, 0.3) is 11.8 Å². The fourth-order valence-electron chi connectivity index (χ4n) is 3.70. The molecular weight excluding hydrogens is 465 g/mol. The molecule has 2 aromatic carbocycles. The topological polar surface area (TPSA) is 54.3 Å². The van der Waals surface area contributed by atoms with E-state index in [9.17, 15) is 9.59 Å². The Morgan fingerprint density at radius 3 is 2.22 bits per heavy atom. The van der Waals surface area contributed by atoms with Crippen molar-refractivity contribution in [1.82, 2.24) is 9.88 Å². The zero-order valence-corrected chi connectivity index (χ0v) is 19.9. The first-order valence-electron chi connectivity index (χ1n) is 9.80. The van der Waals surface area contributed by atoms with Crippen molar-refractivity contribution >= 4 is 64.1 Å². The van der Waals surface area contributed by atoms with Gasteiger partial charge in [0.1, 0.15) is 5.57 Å². The van der Waals surface area contributed by atoms with Gasteiger partial charge >= 0.3 is 0 Å². The summed E-state index contributed by atoms with van der Waals surface area (Å²) in [5.41, 5.74) is 5.00. The monoisotopic (exact) mass is 483 g/mol. The average Bonchev–Trinajstić information content (AvgIpc) is 3.01. The molecule has 0 unspecified atom stereocenters. The van der Waals surface area contributed by atoms with Gasteiger partial charge in [-0.05, 0) is 81.0 Å². The largest absolute Gasteiger partial charge is 0.318 e. The van der Waals surface area contributed by atoms with E-state index in [0.29, 0.717) is 15.7 Å². The number of halogens is 2. The number of carbonyl (C=O) groups excluding carboxylic acids is 2. The fraction of sp³-hybridized carbons (Fsp3) is 0.125. The lowest BCUT2D eigenvalue weighted by atomic mass is 10.1. The summed E-state index contributed by atoms with van der Waals surface area (Å²) in [6.07, 6.45) is 1.59. The number of rotatable bonds is 3. The molecule has 162 valence electrons. The minimum atomic E-state index is -0.525. The molecule has 8 heteroatoms. The van der Waals surface area contributed by atoms with Crippen LogP contribution in [0.1, 0.15) is 22.5 Å².